The van der Waals surface area contributed by atoms with Crippen molar-refractivity contribution in [2.24, 2.45) is 0 Å². The van der Waals surface area contributed by atoms with Crippen LogP contribution in [0.3, 0.4) is 0 Å². The molecule has 1 aliphatic heterocycles. The van der Waals surface area contributed by atoms with Crippen LogP contribution in [0.2, 0.25) is 0 Å². The fourth-order valence-electron chi connectivity index (χ4n) is 4.49. The number of benzene rings is 3. The maximum Gasteiger partial charge on any atom is 0.229 e. The Morgan fingerprint density at radius 2 is 1.77 bits per heavy atom. The molecule has 0 radical (unpaired) electrons. The average Bonchev–Trinajstić information content (AvgIpc) is 3.28. The van der Waals surface area contributed by atoms with Crippen molar-refractivity contribution < 1.29 is 9.53 Å². The lowest BCUT2D eigenvalue weighted by Gasteiger charge is -2.32. The van der Waals surface area contributed by atoms with E-state index in [4.69, 9.17) is 4.74 Å². The number of rotatable bonds is 4. The van der Waals surface area contributed by atoms with Gasteiger partial charge in [-0.3, -0.25) is 4.79 Å². The standard InChI is InChI=1S/C29H29N3O2S/c1-21-31-25(20-35-21)16-29(33)32-18-24-12-5-7-13-27(24)30-17-23-11-6-8-14-28(23)34-19-26(32)15-22-9-3-2-4-10-22/h2-14,20,26,30H,15-19H2,1H3/t26-/m0/s1. The summed E-state index contributed by atoms with van der Waals surface area (Å²) in [7, 11) is 0. The fourth-order valence-corrected chi connectivity index (χ4v) is 5.11. The van der Waals surface area contributed by atoms with Gasteiger partial charge in [-0.25, -0.2) is 4.98 Å². The lowest BCUT2D eigenvalue weighted by atomic mass is 10.0. The van der Waals surface area contributed by atoms with E-state index in [9.17, 15) is 4.79 Å². The number of anilines is 1. The molecule has 1 aromatic heterocycles. The van der Waals surface area contributed by atoms with Crippen LogP contribution in [0.25, 0.3) is 0 Å². The molecule has 5 nitrogen and oxygen atoms in total. The lowest BCUT2D eigenvalue weighted by Crippen LogP contribution is -2.45. The van der Waals surface area contributed by atoms with Crippen LogP contribution in [0.15, 0.2) is 84.2 Å². The van der Waals surface area contributed by atoms with Crippen molar-refractivity contribution in [3.05, 3.63) is 112 Å². The Kier molecular flexibility index (Phi) is 7.09. The summed E-state index contributed by atoms with van der Waals surface area (Å²) in [6, 6.07) is 26.5. The summed E-state index contributed by atoms with van der Waals surface area (Å²) in [5.74, 6) is 0.905. The number of amides is 1. The SMILES string of the molecule is Cc1nc(CC(=O)N2Cc3ccccc3NCc3ccccc3OC[C@@H]2Cc2ccccc2)cs1. The Balaban J connectivity index is 1.54. The molecule has 178 valence electrons. The second-order valence-corrected chi connectivity index (χ2v) is 9.89. The van der Waals surface area contributed by atoms with Gasteiger partial charge in [0.1, 0.15) is 12.4 Å². The Morgan fingerprint density at radius 3 is 2.57 bits per heavy atom. The van der Waals surface area contributed by atoms with Crippen molar-refractivity contribution in [3.8, 4) is 5.75 Å². The van der Waals surface area contributed by atoms with E-state index in [1.807, 2.05) is 65.7 Å². The van der Waals surface area contributed by atoms with Gasteiger partial charge in [0.25, 0.3) is 0 Å². The molecule has 1 N–H and O–H groups in total. The lowest BCUT2D eigenvalue weighted by molar-refractivity contribution is -0.134. The number of aryl methyl sites for hydroxylation is 1. The first kappa shape index (κ1) is 23.1. The van der Waals surface area contributed by atoms with Gasteiger partial charge < -0.3 is 15.0 Å². The van der Waals surface area contributed by atoms with E-state index in [0.29, 0.717) is 26.1 Å². The highest BCUT2D eigenvalue weighted by atomic mass is 32.1. The minimum absolute atomic E-state index is 0.0576. The molecule has 1 aliphatic rings. The second kappa shape index (κ2) is 10.7. The van der Waals surface area contributed by atoms with Crippen molar-refractivity contribution in [2.75, 3.05) is 11.9 Å². The number of nitrogens with zero attached hydrogens (tertiary/aromatic N) is 2. The summed E-state index contributed by atoms with van der Waals surface area (Å²) in [6.07, 6.45) is 0.988. The molecular weight excluding hydrogens is 454 g/mol. The molecule has 6 heteroatoms. The number of fused-ring (bicyclic) bond motifs is 2. The second-order valence-electron chi connectivity index (χ2n) is 8.83. The van der Waals surface area contributed by atoms with Crippen LogP contribution < -0.4 is 10.1 Å². The molecule has 0 spiro atoms. The molecule has 0 aliphatic carbocycles. The molecule has 0 bridgehead atoms. The molecule has 0 saturated heterocycles. The van der Waals surface area contributed by atoms with Crippen LogP contribution >= 0.6 is 11.3 Å². The molecule has 0 saturated carbocycles. The molecule has 1 atom stereocenters. The van der Waals surface area contributed by atoms with Gasteiger partial charge in [0, 0.05) is 29.7 Å². The van der Waals surface area contributed by atoms with Gasteiger partial charge in [-0.05, 0) is 36.6 Å². The van der Waals surface area contributed by atoms with E-state index in [-0.39, 0.29) is 18.4 Å². The van der Waals surface area contributed by atoms with Crippen molar-refractivity contribution in [1.29, 1.82) is 0 Å². The minimum Gasteiger partial charge on any atom is -0.491 e. The van der Waals surface area contributed by atoms with E-state index in [0.717, 1.165) is 33.3 Å². The number of hydrogen-bond acceptors (Lipinski definition) is 5. The molecule has 0 fully saturated rings. The Bertz CT molecular complexity index is 1290. The maximum absolute atomic E-state index is 13.8. The number of aromatic nitrogens is 1. The van der Waals surface area contributed by atoms with Crippen LogP contribution in [0, 0.1) is 6.92 Å². The summed E-state index contributed by atoms with van der Waals surface area (Å²) in [5, 5.41) is 6.52. The van der Waals surface area contributed by atoms with Gasteiger partial charge in [-0.1, -0.05) is 66.7 Å². The van der Waals surface area contributed by atoms with Gasteiger partial charge >= 0.3 is 0 Å². The monoisotopic (exact) mass is 483 g/mol. The number of nitrogens with one attached hydrogen (secondary N) is 1. The van der Waals surface area contributed by atoms with Crippen molar-refractivity contribution >= 4 is 22.9 Å². The van der Waals surface area contributed by atoms with Crippen LogP contribution in [0.5, 0.6) is 5.75 Å². The number of carbonyl (C=O) groups is 1. The van der Waals surface area contributed by atoms with Crippen LogP contribution in [-0.4, -0.2) is 28.4 Å². The summed E-state index contributed by atoms with van der Waals surface area (Å²) in [4.78, 5) is 20.3. The number of hydrogen-bond donors (Lipinski definition) is 1. The molecule has 0 unspecified atom stereocenters. The third-order valence-corrected chi connectivity index (χ3v) is 7.13. The zero-order chi connectivity index (χ0) is 24.0. The fraction of sp³-hybridized carbons (Fsp3) is 0.241. The zero-order valence-electron chi connectivity index (χ0n) is 19.8. The molecule has 5 rings (SSSR count). The summed E-state index contributed by atoms with van der Waals surface area (Å²) in [6.45, 7) is 3.54. The predicted octanol–water partition coefficient (Wildman–Crippen LogP) is 5.64. The van der Waals surface area contributed by atoms with Crippen molar-refractivity contribution in [1.82, 2.24) is 9.88 Å². The Morgan fingerprint density at radius 1 is 1.03 bits per heavy atom. The quantitative estimate of drug-likeness (QED) is 0.408. The van der Waals surface area contributed by atoms with Crippen LogP contribution in [-0.2, 0) is 30.7 Å². The first-order chi connectivity index (χ1) is 17.2. The molecule has 2 heterocycles. The van der Waals surface area contributed by atoms with Crippen LogP contribution in [0.1, 0.15) is 27.4 Å². The summed E-state index contributed by atoms with van der Waals surface area (Å²) in [5.41, 5.74) is 5.22. The highest BCUT2D eigenvalue weighted by molar-refractivity contribution is 7.09. The number of thiazole rings is 1. The van der Waals surface area contributed by atoms with Crippen molar-refractivity contribution in [2.45, 2.75) is 38.9 Å². The summed E-state index contributed by atoms with van der Waals surface area (Å²) >= 11 is 1.58. The highest BCUT2D eigenvalue weighted by Gasteiger charge is 2.27. The van der Waals surface area contributed by atoms with E-state index in [1.165, 1.54) is 5.56 Å². The van der Waals surface area contributed by atoms with Gasteiger partial charge in [0.15, 0.2) is 0 Å². The zero-order valence-corrected chi connectivity index (χ0v) is 20.6. The first-order valence-electron chi connectivity index (χ1n) is 11.9. The topological polar surface area (TPSA) is 54.5 Å². The number of ether oxygens (including phenoxy) is 1. The van der Waals surface area contributed by atoms with E-state index < -0.39 is 0 Å². The van der Waals surface area contributed by atoms with E-state index in [2.05, 4.69) is 40.6 Å². The molecule has 35 heavy (non-hydrogen) atoms. The third kappa shape index (κ3) is 5.72. The van der Waals surface area contributed by atoms with E-state index in [1.54, 1.807) is 11.3 Å². The minimum atomic E-state index is -0.135. The Labute approximate surface area is 210 Å². The maximum atomic E-state index is 13.8. The van der Waals surface area contributed by atoms with Crippen LogP contribution in [0.4, 0.5) is 5.69 Å². The smallest absolute Gasteiger partial charge is 0.229 e. The third-order valence-electron chi connectivity index (χ3n) is 6.31. The molecule has 1 amide bonds. The van der Waals surface area contributed by atoms with Crippen molar-refractivity contribution in [3.63, 3.8) is 0 Å². The average molecular weight is 484 g/mol. The number of para-hydroxylation sites is 2. The summed E-state index contributed by atoms with van der Waals surface area (Å²) < 4.78 is 6.39. The van der Waals surface area contributed by atoms with E-state index >= 15 is 0 Å². The molecule has 3 aromatic carbocycles. The number of carbonyl (C=O) groups excluding carboxylic acids is 1. The van der Waals surface area contributed by atoms with Gasteiger partial charge in [-0.15, -0.1) is 11.3 Å². The van der Waals surface area contributed by atoms with Gasteiger partial charge in [0.05, 0.1) is 23.2 Å². The molecule has 4 aromatic rings. The normalized spacial score (nSPS) is 15.7. The van der Waals surface area contributed by atoms with Gasteiger partial charge in [-0.2, -0.15) is 0 Å². The Hall–Kier alpha value is -3.64. The largest absolute Gasteiger partial charge is 0.491 e. The first-order valence-corrected chi connectivity index (χ1v) is 12.8. The highest BCUT2D eigenvalue weighted by Crippen LogP contribution is 2.26. The predicted molar refractivity (Wildman–Crippen MR) is 141 cm³/mol. The molecular formula is C29H29N3O2S. The van der Waals surface area contributed by atoms with Gasteiger partial charge in [0.2, 0.25) is 5.91 Å².